The Balaban J connectivity index is 0.768. The van der Waals surface area contributed by atoms with Gasteiger partial charge in [0.2, 0.25) is 19.7 Å². The molecule has 0 spiro atoms. The lowest BCUT2D eigenvalue weighted by Gasteiger charge is -2.37. The van der Waals surface area contributed by atoms with Crippen molar-refractivity contribution in [1.82, 2.24) is 0 Å². The fraction of sp³-hybridized carbons (Fsp3) is 0.211. The van der Waals surface area contributed by atoms with E-state index < -0.39 is 30.7 Å². The molecular weight excluding hydrogens is 1140 g/mol. The maximum Gasteiger partial charge on any atom is 0.206 e. The SMILES string of the molecule is CCC(C)(C)c1ccc(S(=O)(=O)c2ccc(Oc3ccc(C4(c5ccc(OC(C)(CC)C(C)c6ccc(S(=O)(=O)c7ccc(Oc8ccc(Sc9ccc(OC(C)(C)C)cc9)cc8)cc7)cc6)cc5)c5ccccc5-c5ccccc54)cc3)cc2)cc1. The molecule has 87 heavy (non-hydrogen) atoms. The molecule has 2 unspecified atom stereocenters. The van der Waals surface area contributed by atoms with Crippen LogP contribution in [0.25, 0.3) is 11.1 Å². The Morgan fingerprint density at radius 1 is 0.402 bits per heavy atom. The number of hydrogen-bond acceptors (Lipinski definition) is 9. The van der Waals surface area contributed by atoms with E-state index in [9.17, 15) is 16.8 Å². The quantitative estimate of drug-likeness (QED) is 0.0738. The van der Waals surface area contributed by atoms with Gasteiger partial charge in [-0.1, -0.05) is 143 Å². The molecule has 2 atom stereocenters. The van der Waals surface area contributed by atoms with E-state index in [0.29, 0.717) is 35.2 Å². The first kappa shape index (κ1) is 60.3. The maximum absolute atomic E-state index is 14.0. The van der Waals surface area contributed by atoms with Gasteiger partial charge in [0.1, 0.15) is 45.7 Å². The second-order valence-electron chi connectivity index (χ2n) is 24.1. The van der Waals surface area contributed by atoms with Gasteiger partial charge in [-0.05, 0) is 236 Å². The van der Waals surface area contributed by atoms with E-state index >= 15 is 0 Å². The van der Waals surface area contributed by atoms with Gasteiger partial charge in [-0.25, -0.2) is 16.8 Å². The highest BCUT2D eigenvalue weighted by atomic mass is 32.2. The van der Waals surface area contributed by atoms with Crippen LogP contribution in [0.15, 0.2) is 272 Å². The zero-order valence-corrected chi connectivity index (χ0v) is 53.0. The zero-order valence-electron chi connectivity index (χ0n) is 50.6. The third kappa shape index (κ3) is 12.4. The number of hydrogen-bond donors (Lipinski definition) is 0. The van der Waals surface area contributed by atoms with Crippen LogP contribution in [0.3, 0.4) is 0 Å². The molecule has 11 rings (SSSR count). The third-order valence-electron chi connectivity index (χ3n) is 17.1. The van der Waals surface area contributed by atoms with Crippen molar-refractivity contribution in [3.63, 3.8) is 0 Å². The fourth-order valence-corrected chi connectivity index (χ4v) is 14.8. The van der Waals surface area contributed by atoms with Crippen molar-refractivity contribution in [3.05, 3.63) is 276 Å². The Hall–Kier alpha value is -8.35. The summed E-state index contributed by atoms with van der Waals surface area (Å²) in [7, 11) is -7.57. The van der Waals surface area contributed by atoms with Crippen LogP contribution in [-0.2, 0) is 30.5 Å². The summed E-state index contributed by atoms with van der Waals surface area (Å²) in [6.45, 7) is 18.9. The predicted molar refractivity (Wildman–Crippen MR) is 349 cm³/mol. The summed E-state index contributed by atoms with van der Waals surface area (Å²) < 4.78 is 80.8. The fourth-order valence-electron chi connectivity index (χ4n) is 11.4. The monoisotopic (exact) mass is 1210 g/mol. The maximum atomic E-state index is 14.0. The Kier molecular flexibility index (Phi) is 16.7. The van der Waals surface area contributed by atoms with E-state index in [1.165, 1.54) is 0 Å². The lowest BCUT2D eigenvalue weighted by molar-refractivity contribution is 0.0598. The van der Waals surface area contributed by atoms with Crippen LogP contribution < -0.4 is 18.9 Å². The highest BCUT2D eigenvalue weighted by Gasteiger charge is 2.46. The van der Waals surface area contributed by atoms with Crippen LogP contribution in [0.5, 0.6) is 34.5 Å². The van der Waals surface area contributed by atoms with E-state index in [0.717, 1.165) is 66.5 Å². The smallest absolute Gasteiger partial charge is 0.206 e. The third-order valence-corrected chi connectivity index (χ3v) is 21.6. The van der Waals surface area contributed by atoms with Crippen LogP contribution >= 0.6 is 11.8 Å². The number of rotatable bonds is 20. The molecule has 1 aliphatic rings. The van der Waals surface area contributed by atoms with Gasteiger partial charge in [-0.2, -0.15) is 0 Å². The van der Waals surface area contributed by atoms with E-state index in [2.05, 4.69) is 126 Å². The van der Waals surface area contributed by atoms with Crippen LogP contribution in [0, 0.1) is 0 Å². The van der Waals surface area contributed by atoms with Crippen molar-refractivity contribution in [3.8, 4) is 45.6 Å². The summed E-state index contributed by atoms with van der Waals surface area (Å²) >= 11 is 1.64. The molecule has 10 aromatic carbocycles. The second kappa shape index (κ2) is 24.1. The topological polar surface area (TPSA) is 105 Å². The minimum Gasteiger partial charge on any atom is -0.488 e. The molecule has 1 aliphatic carbocycles. The van der Waals surface area contributed by atoms with Crippen molar-refractivity contribution >= 4 is 31.4 Å². The van der Waals surface area contributed by atoms with Gasteiger partial charge in [0, 0.05) is 15.7 Å². The minimum absolute atomic E-state index is 0.0487. The number of benzene rings is 10. The Morgan fingerprint density at radius 2 is 0.747 bits per heavy atom. The Labute approximate surface area is 518 Å². The van der Waals surface area contributed by atoms with Crippen molar-refractivity contribution in [2.75, 3.05) is 0 Å². The summed E-state index contributed by atoms with van der Waals surface area (Å²) in [6.07, 6.45) is 1.63. The molecule has 0 bridgehead atoms. The van der Waals surface area contributed by atoms with Crippen LogP contribution in [-0.4, -0.2) is 28.0 Å². The molecule has 0 amide bonds. The molecule has 0 N–H and O–H groups in total. The average Bonchev–Trinajstić information content (AvgIpc) is 1.59. The van der Waals surface area contributed by atoms with Crippen molar-refractivity contribution < 1.29 is 35.8 Å². The molecule has 0 aromatic heterocycles. The van der Waals surface area contributed by atoms with Crippen molar-refractivity contribution in [2.45, 2.75) is 132 Å². The highest BCUT2D eigenvalue weighted by molar-refractivity contribution is 7.99. The summed E-state index contributed by atoms with van der Waals surface area (Å²) in [5, 5.41) is 0. The first-order chi connectivity index (χ1) is 41.6. The van der Waals surface area contributed by atoms with Gasteiger partial charge >= 0.3 is 0 Å². The first-order valence-electron chi connectivity index (χ1n) is 29.5. The number of sulfone groups is 2. The van der Waals surface area contributed by atoms with Gasteiger partial charge in [-0.3, -0.25) is 0 Å². The van der Waals surface area contributed by atoms with Crippen LogP contribution in [0.1, 0.15) is 114 Å². The van der Waals surface area contributed by atoms with E-state index in [-0.39, 0.29) is 36.5 Å². The van der Waals surface area contributed by atoms with Gasteiger partial charge in [0.15, 0.2) is 0 Å². The molecule has 0 saturated heterocycles. The number of fused-ring (bicyclic) bond motifs is 3. The molecule has 10 aromatic rings. The van der Waals surface area contributed by atoms with Crippen LogP contribution in [0.2, 0.25) is 0 Å². The molecule has 442 valence electrons. The van der Waals surface area contributed by atoms with Gasteiger partial charge in [0.05, 0.1) is 25.0 Å². The average molecular weight is 1210 g/mol. The molecule has 11 heteroatoms. The van der Waals surface area contributed by atoms with E-state index in [4.69, 9.17) is 18.9 Å². The molecule has 0 heterocycles. The first-order valence-corrected chi connectivity index (χ1v) is 33.3. The minimum atomic E-state index is -3.83. The Bertz CT molecular complexity index is 4230. The lowest BCUT2D eigenvalue weighted by Crippen LogP contribution is -2.37. The van der Waals surface area contributed by atoms with E-state index in [1.807, 2.05) is 106 Å². The summed E-state index contributed by atoms with van der Waals surface area (Å²) in [4.78, 5) is 2.98. The molecule has 0 aliphatic heterocycles. The standard InChI is InChI=1S/C76H72O8S3/c1-10-74(7,8)54-26-46-66(47-27-54)87(79,80)68-50-36-59(37-51-68)81-57-28-22-55(23-29-57)76(71-18-14-12-16-69(71)70-17-13-15-19-72(70)76)56-24-30-62(31-25-56)84-75(9,11-2)52(3)53-20-44-65(45-21-53)86(77,78)67-48-38-60(39-49-67)82-58-32-40-63(41-33-58)85-64-42-34-61(35-43-64)83-73(4,5)6/h12-52H,10-11H2,1-9H3. The highest BCUT2D eigenvalue weighted by Crippen LogP contribution is 2.56. The summed E-state index contributed by atoms with van der Waals surface area (Å²) in [5.41, 5.74) is 7.18. The lowest BCUT2D eigenvalue weighted by atomic mass is 9.67. The van der Waals surface area contributed by atoms with Crippen molar-refractivity contribution in [2.24, 2.45) is 0 Å². The van der Waals surface area contributed by atoms with Crippen LogP contribution in [0.4, 0.5) is 0 Å². The largest absolute Gasteiger partial charge is 0.488 e. The van der Waals surface area contributed by atoms with E-state index in [1.54, 1.807) is 84.6 Å². The second-order valence-corrected chi connectivity index (χ2v) is 29.2. The molecule has 0 radical (unpaired) electrons. The Morgan fingerprint density at radius 3 is 1.15 bits per heavy atom. The summed E-state index contributed by atoms with van der Waals surface area (Å²) in [5.74, 6) is 3.73. The zero-order chi connectivity index (χ0) is 61.4. The van der Waals surface area contributed by atoms with Gasteiger partial charge in [0.25, 0.3) is 0 Å². The molecule has 0 fully saturated rings. The van der Waals surface area contributed by atoms with Crippen molar-refractivity contribution in [1.29, 1.82) is 0 Å². The predicted octanol–water partition coefficient (Wildman–Crippen LogP) is 19.7. The van der Waals surface area contributed by atoms with Gasteiger partial charge < -0.3 is 18.9 Å². The number of ether oxygens (including phenoxy) is 4. The normalized spacial score (nSPS) is 14.0. The van der Waals surface area contributed by atoms with Gasteiger partial charge in [-0.15, -0.1) is 0 Å². The molecular formula is C76H72O8S3. The molecule has 0 saturated carbocycles. The molecule has 8 nitrogen and oxygen atoms in total. The summed E-state index contributed by atoms with van der Waals surface area (Å²) in [6, 6.07) is 77.1.